The second-order valence-electron chi connectivity index (χ2n) is 5.33. The van der Waals surface area contributed by atoms with Crippen LogP contribution in [0.25, 0.3) is 6.08 Å². The largest absolute Gasteiger partial charge is 0.496 e. The monoisotopic (exact) mass is 542 g/mol. The molecule has 1 N–H and O–H groups in total. The van der Waals surface area contributed by atoms with Crippen molar-refractivity contribution in [1.82, 2.24) is 5.32 Å². The van der Waals surface area contributed by atoms with Crippen molar-refractivity contribution in [3.8, 4) is 5.75 Å². The summed E-state index contributed by atoms with van der Waals surface area (Å²) >= 11 is 10.7. The predicted molar refractivity (Wildman–Crippen MR) is 116 cm³/mol. The number of anilines is 1. The Morgan fingerprint density at radius 3 is 2.50 bits per heavy atom. The van der Waals surface area contributed by atoms with E-state index in [9.17, 15) is 9.59 Å². The van der Waals surface area contributed by atoms with Gasteiger partial charge >= 0.3 is 0 Å². The SMILES string of the molecule is COc1ccc(/C=C2\C(=O)NC(=S)N(c3ccc(Br)cc3)C2=O)cc1I. The molecule has 0 atom stereocenters. The third-order valence-corrected chi connectivity index (χ3v) is 5.33. The van der Waals surface area contributed by atoms with Crippen LogP contribution in [-0.2, 0) is 9.59 Å². The number of amides is 2. The third kappa shape index (κ3) is 3.81. The molecule has 8 heteroatoms. The molecule has 0 aromatic heterocycles. The van der Waals surface area contributed by atoms with Crippen LogP contribution in [0, 0.1) is 3.57 Å². The number of ether oxygens (including phenoxy) is 1. The van der Waals surface area contributed by atoms with Crippen molar-refractivity contribution in [3.63, 3.8) is 0 Å². The minimum atomic E-state index is -0.515. The number of hydrogen-bond donors (Lipinski definition) is 1. The van der Waals surface area contributed by atoms with Gasteiger partial charge in [0.2, 0.25) is 0 Å². The molecule has 1 saturated heterocycles. The lowest BCUT2D eigenvalue weighted by atomic mass is 10.1. The molecule has 2 aromatic rings. The molecule has 0 saturated carbocycles. The van der Waals surface area contributed by atoms with E-state index in [4.69, 9.17) is 17.0 Å². The van der Waals surface area contributed by atoms with Crippen molar-refractivity contribution in [3.05, 3.63) is 61.6 Å². The van der Waals surface area contributed by atoms with Gasteiger partial charge in [-0.3, -0.25) is 19.8 Å². The van der Waals surface area contributed by atoms with Gasteiger partial charge < -0.3 is 4.74 Å². The molecular formula is C18H12BrIN2O3S. The lowest BCUT2D eigenvalue weighted by Gasteiger charge is -2.29. The summed E-state index contributed by atoms with van der Waals surface area (Å²) in [6.45, 7) is 0. The highest BCUT2D eigenvalue weighted by atomic mass is 127. The summed E-state index contributed by atoms with van der Waals surface area (Å²) in [4.78, 5) is 26.5. The molecule has 5 nitrogen and oxygen atoms in total. The molecule has 26 heavy (non-hydrogen) atoms. The van der Waals surface area contributed by atoms with Crippen LogP contribution in [0.2, 0.25) is 0 Å². The Hall–Kier alpha value is -1.78. The Labute approximate surface area is 177 Å². The summed E-state index contributed by atoms with van der Waals surface area (Å²) in [6, 6.07) is 12.5. The van der Waals surface area contributed by atoms with Gasteiger partial charge in [-0.25, -0.2) is 0 Å². The van der Waals surface area contributed by atoms with Gasteiger partial charge in [0, 0.05) is 4.47 Å². The Morgan fingerprint density at radius 2 is 1.88 bits per heavy atom. The normalized spacial score (nSPS) is 16.0. The van der Waals surface area contributed by atoms with Gasteiger partial charge in [-0.2, -0.15) is 0 Å². The number of nitrogens with zero attached hydrogens (tertiary/aromatic N) is 1. The van der Waals surface area contributed by atoms with Crippen molar-refractivity contribution in [2.45, 2.75) is 0 Å². The van der Waals surface area contributed by atoms with Gasteiger partial charge in [0.15, 0.2) is 5.11 Å². The molecule has 1 aliphatic rings. The highest BCUT2D eigenvalue weighted by molar-refractivity contribution is 14.1. The first-order valence-corrected chi connectivity index (χ1v) is 9.69. The average Bonchev–Trinajstić information content (AvgIpc) is 2.60. The Kier molecular flexibility index (Phi) is 5.73. The summed E-state index contributed by atoms with van der Waals surface area (Å²) in [6.07, 6.45) is 1.55. The first-order valence-electron chi connectivity index (χ1n) is 7.41. The Morgan fingerprint density at radius 1 is 1.19 bits per heavy atom. The predicted octanol–water partition coefficient (Wildman–Crippen LogP) is 3.89. The summed E-state index contributed by atoms with van der Waals surface area (Å²) < 4.78 is 6.98. The van der Waals surface area contributed by atoms with Crippen LogP contribution >= 0.6 is 50.7 Å². The van der Waals surface area contributed by atoms with Crippen LogP contribution in [-0.4, -0.2) is 24.0 Å². The second-order valence-corrected chi connectivity index (χ2v) is 7.79. The van der Waals surface area contributed by atoms with Gasteiger partial charge in [-0.1, -0.05) is 22.0 Å². The molecule has 1 heterocycles. The molecule has 3 rings (SSSR count). The van der Waals surface area contributed by atoms with E-state index >= 15 is 0 Å². The fraction of sp³-hybridized carbons (Fsp3) is 0.0556. The van der Waals surface area contributed by atoms with Gasteiger partial charge in [-0.15, -0.1) is 0 Å². The van der Waals surface area contributed by atoms with E-state index in [0.29, 0.717) is 5.69 Å². The fourth-order valence-corrected chi connectivity index (χ4v) is 3.73. The maximum atomic E-state index is 12.9. The molecular weight excluding hydrogens is 531 g/mol. The van der Waals surface area contributed by atoms with Crippen molar-refractivity contribution in [2.75, 3.05) is 12.0 Å². The zero-order chi connectivity index (χ0) is 18.8. The first kappa shape index (κ1) is 19.0. The van der Waals surface area contributed by atoms with Crippen LogP contribution in [0.15, 0.2) is 52.5 Å². The van der Waals surface area contributed by atoms with E-state index in [0.717, 1.165) is 19.4 Å². The van der Waals surface area contributed by atoms with Crippen LogP contribution < -0.4 is 15.0 Å². The number of halogens is 2. The molecule has 0 unspecified atom stereocenters. The molecule has 132 valence electrons. The number of nitrogens with one attached hydrogen (secondary N) is 1. The smallest absolute Gasteiger partial charge is 0.270 e. The Bertz CT molecular complexity index is 944. The summed E-state index contributed by atoms with van der Waals surface area (Å²) in [5, 5.41) is 2.63. The molecule has 0 aliphatic carbocycles. The second kappa shape index (κ2) is 7.85. The third-order valence-electron chi connectivity index (χ3n) is 3.67. The minimum absolute atomic E-state index is 0.0162. The van der Waals surface area contributed by atoms with Crippen LogP contribution in [0.5, 0.6) is 5.75 Å². The van der Waals surface area contributed by atoms with Crippen molar-refractivity contribution >= 4 is 79.4 Å². The maximum Gasteiger partial charge on any atom is 0.270 e. The molecule has 1 aliphatic heterocycles. The Balaban J connectivity index is 1.99. The summed E-state index contributed by atoms with van der Waals surface area (Å²) in [5.41, 5.74) is 1.32. The number of rotatable bonds is 3. The topological polar surface area (TPSA) is 58.6 Å². The maximum absolute atomic E-state index is 12.9. The number of methoxy groups -OCH3 is 1. The molecule has 1 fully saturated rings. The van der Waals surface area contributed by atoms with Crippen molar-refractivity contribution in [2.24, 2.45) is 0 Å². The lowest BCUT2D eigenvalue weighted by molar-refractivity contribution is -0.122. The molecule has 2 aromatic carbocycles. The standard InChI is InChI=1S/C18H12BrIN2O3S/c1-25-15-7-2-10(9-14(15)20)8-13-16(23)21-18(26)22(17(13)24)12-5-3-11(19)4-6-12/h2-9H,1H3,(H,21,23,26)/b13-8+. The average molecular weight is 543 g/mol. The highest BCUT2D eigenvalue weighted by Crippen LogP contribution is 2.26. The number of carbonyl (C=O) groups excluding carboxylic acids is 2. The van der Waals surface area contributed by atoms with Crippen LogP contribution in [0.3, 0.4) is 0 Å². The van der Waals surface area contributed by atoms with Gasteiger partial charge in [0.25, 0.3) is 11.8 Å². The van der Waals surface area contributed by atoms with E-state index in [2.05, 4.69) is 43.8 Å². The van der Waals surface area contributed by atoms with Crippen LogP contribution in [0.4, 0.5) is 5.69 Å². The van der Waals surface area contributed by atoms with E-state index in [-0.39, 0.29) is 10.7 Å². The zero-order valence-corrected chi connectivity index (χ0v) is 18.0. The number of hydrogen-bond acceptors (Lipinski definition) is 4. The van der Waals surface area contributed by atoms with Crippen molar-refractivity contribution < 1.29 is 14.3 Å². The molecule has 0 radical (unpaired) electrons. The number of carbonyl (C=O) groups is 2. The van der Waals surface area contributed by atoms with E-state index < -0.39 is 11.8 Å². The molecule has 0 bridgehead atoms. The van der Waals surface area contributed by atoms with Gasteiger partial charge in [0.05, 0.1) is 16.4 Å². The first-order chi connectivity index (χ1) is 12.4. The fourth-order valence-electron chi connectivity index (χ4n) is 2.42. The van der Waals surface area contributed by atoms with Crippen LogP contribution in [0.1, 0.15) is 5.56 Å². The van der Waals surface area contributed by atoms with Gasteiger partial charge in [0.1, 0.15) is 11.3 Å². The molecule has 2 amide bonds. The van der Waals surface area contributed by atoms with E-state index in [1.165, 1.54) is 4.90 Å². The molecule has 0 spiro atoms. The quantitative estimate of drug-likeness (QED) is 0.277. The number of thiocarbonyl (C=S) groups is 1. The zero-order valence-electron chi connectivity index (χ0n) is 13.5. The number of benzene rings is 2. The summed E-state index contributed by atoms with van der Waals surface area (Å²) in [7, 11) is 1.59. The van der Waals surface area contributed by atoms with E-state index in [1.807, 2.05) is 6.07 Å². The lowest BCUT2D eigenvalue weighted by Crippen LogP contribution is -2.54. The van der Waals surface area contributed by atoms with Crippen molar-refractivity contribution in [1.29, 1.82) is 0 Å². The minimum Gasteiger partial charge on any atom is -0.496 e. The van der Waals surface area contributed by atoms with E-state index in [1.54, 1.807) is 49.6 Å². The highest BCUT2D eigenvalue weighted by Gasteiger charge is 2.34. The summed E-state index contributed by atoms with van der Waals surface area (Å²) in [5.74, 6) is -0.254. The van der Waals surface area contributed by atoms with Gasteiger partial charge in [-0.05, 0) is 82.8 Å².